The zero-order valence-electron chi connectivity index (χ0n) is 6.96. The van der Waals surface area contributed by atoms with Gasteiger partial charge in [0.25, 0.3) is 0 Å². The van der Waals surface area contributed by atoms with Gasteiger partial charge >= 0.3 is 6.18 Å². The maximum Gasteiger partial charge on any atom is 0.451 e. The topological polar surface area (TPSA) is 81.8 Å². The first-order valence-corrected chi connectivity index (χ1v) is 3.40. The molecule has 2 N–H and O–H groups in total. The predicted molar refractivity (Wildman–Crippen MR) is 39.2 cm³/mol. The van der Waals surface area contributed by atoms with Crippen LogP contribution < -0.4 is 5.73 Å². The molecule has 1 aromatic heterocycles. The van der Waals surface area contributed by atoms with Crippen molar-refractivity contribution in [3.8, 4) is 0 Å². The monoisotopic (exact) mass is 206 g/mol. The number of hydrogen-bond donors (Lipinski definition) is 1. The fourth-order valence-corrected chi connectivity index (χ4v) is 0.677. The van der Waals surface area contributed by atoms with Crippen molar-refractivity contribution in [2.24, 2.45) is 0 Å². The van der Waals surface area contributed by atoms with Crippen molar-refractivity contribution in [3.63, 3.8) is 0 Å². The average molecular weight is 206 g/mol. The van der Waals surface area contributed by atoms with Crippen molar-refractivity contribution in [2.75, 3.05) is 5.73 Å². The second-order valence-electron chi connectivity index (χ2n) is 2.39. The normalized spacial score (nSPS) is 11.4. The number of carbonyl (C=O) groups is 1. The maximum absolute atomic E-state index is 12.1. The van der Waals surface area contributed by atoms with Gasteiger partial charge in [-0.3, -0.25) is 4.79 Å². The molecule has 0 spiro atoms. The Labute approximate surface area is 76.2 Å². The SMILES string of the molecule is CC(=O)c1nc(N)nc(C(F)(F)F)n1. The number of alkyl halides is 3. The number of carbonyl (C=O) groups excluding carboxylic acids is 1. The van der Waals surface area contributed by atoms with Crippen molar-refractivity contribution in [2.45, 2.75) is 13.1 Å². The summed E-state index contributed by atoms with van der Waals surface area (Å²) in [5, 5.41) is 0. The van der Waals surface area contributed by atoms with Gasteiger partial charge in [-0.1, -0.05) is 0 Å². The molecule has 0 atom stereocenters. The van der Waals surface area contributed by atoms with Crippen LogP contribution in [0.15, 0.2) is 0 Å². The molecule has 0 fully saturated rings. The van der Waals surface area contributed by atoms with Crippen LogP contribution in [-0.4, -0.2) is 20.7 Å². The molecule has 0 aliphatic carbocycles. The lowest BCUT2D eigenvalue weighted by molar-refractivity contribution is -0.145. The standard InChI is InChI=1S/C6H5F3N4O/c1-2(14)3-11-4(6(7,8)9)13-5(10)12-3/h1H3,(H2,10,11,12,13). The molecular weight excluding hydrogens is 201 g/mol. The largest absolute Gasteiger partial charge is 0.451 e. The molecule has 0 bridgehead atoms. The van der Waals surface area contributed by atoms with Gasteiger partial charge in [-0.15, -0.1) is 0 Å². The predicted octanol–water partition coefficient (Wildman–Crippen LogP) is 0.675. The lowest BCUT2D eigenvalue weighted by atomic mass is 10.4. The summed E-state index contributed by atoms with van der Waals surface area (Å²) in [6.07, 6.45) is -4.73. The molecule has 0 aliphatic rings. The van der Waals surface area contributed by atoms with Gasteiger partial charge in [-0.25, -0.2) is 4.98 Å². The number of rotatable bonds is 1. The summed E-state index contributed by atoms with van der Waals surface area (Å²) in [6.45, 7) is 1.04. The van der Waals surface area contributed by atoms with Crippen LogP contribution in [0.2, 0.25) is 0 Å². The van der Waals surface area contributed by atoms with Gasteiger partial charge in [0.2, 0.25) is 17.6 Å². The van der Waals surface area contributed by atoms with Crippen LogP contribution in [0.3, 0.4) is 0 Å². The molecule has 76 valence electrons. The second-order valence-corrected chi connectivity index (χ2v) is 2.39. The quantitative estimate of drug-likeness (QED) is 0.683. The van der Waals surface area contributed by atoms with Crippen molar-refractivity contribution >= 4 is 11.7 Å². The minimum Gasteiger partial charge on any atom is -0.368 e. The third-order valence-corrected chi connectivity index (χ3v) is 1.22. The highest BCUT2D eigenvalue weighted by Gasteiger charge is 2.35. The van der Waals surface area contributed by atoms with E-state index >= 15 is 0 Å². The minimum absolute atomic E-state index is 0.593. The first kappa shape index (κ1) is 10.4. The number of nitrogen functional groups attached to an aromatic ring is 1. The Kier molecular flexibility index (Phi) is 2.37. The highest BCUT2D eigenvalue weighted by atomic mass is 19.4. The van der Waals surface area contributed by atoms with Crippen molar-refractivity contribution in [1.82, 2.24) is 15.0 Å². The molecule has 1 rings (SSSR count). The average Bonchev–Trinajstić information content (AvgIpc) is 2.01. The molecule has 0 saturated heterocycles. The van der Waals surface area contributed by atoms with Crippen LogP contribution in [0.5, 0.6) is 0 Å². The lowest BCUT2D eigenvalue weighted by Gasteiger charge is -2.05. The Bertz CT molecular complexity index is 376. The lowest BCUT2D eigenvalue weighted by Crippen LogP contribution is -2.17. The number of aromatic nitrogens is 3. The summed E-state index contributed by atoms with van der Waals surface area (Å²) in [5.74, 6) is -3.39. The number of hydrogen-bond acceptors (Lipinski definition) is 5. The molecule has 14 heavy (non-hydrogen) atoms. The van der Waals surface area contributed by atoms with Crippen LogP contribution in [0, 0.1) is 0 Å². The summed E-state index contributed by atoms with van der Waals surface area (Å²) in [7, 11) is 0. The molecule has 0 saturated carbocycles. The molecule has 0 radical (unpaired) electrons. The molecule has 0 aliphatic heterocycles. The first-order valence-electron chi connectivity index (χ1n) is 3.40. The van der Waals surface area contributed by atoms with Crippen molar-refractivity contribution in [1.29, 1.82) is 0 Å². The summed E-state index contributed by atoms with van der Waals surface area (Å²) >= 11 is 0. The van der Waals surface area contributed by atoms with E-state index in [1.807, 2.05) is 0 Å². The van der Waals surface area contributed by atoms with E-state index in [2.05, 4.69) is 15.0 Å². The van der Waals surface area contributed by atoms with Crippen LogP contribution in [0.25, 0.3) is 0 Å². The van der Waals surface area contributed by atoms with Gasteiger partial charge in [0, 0.05) is 6.92 Å². The molecular formula is C6H5F3N4O. The molecule has 0 unspecified atom stereocenters. The van der Waals surface area contributed by atoms with E-state index < -0.39 is 29.6 Å². The number of anilines is 1. The van der Waals surface area contributed by atoms with E-state index in [1.165, 1.54) is 0 Å². The Hall–Kier alpha value is -1.73. The van der Waals surface area contributed by atoms with E-state index in [4.69, 9.17) is 5.73 Å². The highest BCUT2D eigenvalue weighted by molar-refractivity contribution is 5.90. The van der Waals surface area contributed by atoms with Crippen LogP contribution >= 0.6 is 0 Å². The maximum atomic E-state index is 12.1. The second kappa shape index (κ2) is 3.20. The van der Waals surface area contributed by atoms with Crippen molar-refractivity contribution < 1.29 is 18.0 Å². The molecule has 0 amide bonds. The van der Waals surface area contributed by atoms with Crippen LogP contribution in [-0.2, 0) is 6.18 Å². The molecule has 5 nitrogen and oxygen atoms in total. The molecule has 1 heterocycles. The van der Waals surface area contributed by atoms with Crippen molar-refractivity contribution in [3.05, 3.63) is 11.6 Å². The Morgan fingerprint density at radius 1 is 1.29 bits per heavy atom. The van der Waals surface area contributed by atoms with E-state index in [0.717, 1.165) is 6.92 Å². The Balaban J connectivity index is 3.28. The van der Waals surface area contributed by atoms with E-state index in [0.29, 0.717) is 0 Å². The molecule has 1 aromatic rings. The van der Waals surface area contributed by atoms with E-state index in [1.54, 1.807) is 0 Å². The zero-order valence-corrected chi connectivity index (χ0v) is 6.96. The fourth-order valence-electron chi connectivity index (χ4n) is 0.677. The zero-order chi connectivity index (χ0) is 10.9. The third kappa shape index (κ3) is 2.15. The highest BCUT2D eigenvalue weighted by Crippen LogP contribution is 2.26. The van der Waals surface area contributed by atoms with Gasteiger partial charge in [-0.2, -0.15) is 23.1 Å². The van der Waals surface area contributed by atoms with Gasteiger partial charge in [0.1, 0.15) is 0 Å². The minimum atomic E-state index is -4.73. The summed E-state index contributed by atoms with van der Waals surface area (Å²) in [5.41, 5.74) is 4.98. The summed E-state index contributed by atoms with van der Waals surface area (Å²) < 4.78 is 36.3. The van der Waals surface area contributed by atoms with Gasteiger partial charge in [-0.05, 0) is 0 Å². The van der Waals surface area contributed by atoms with E-state index in [-0.39, 0.29) is 0 Å². The van der Waals surface area contributed by atoms with Gasteiger partial charge in [0.15, 0.2) is 5.78 Å². The third-order valence-electron chi connectivity index (χ3n) is 1.22. The number of halogens is 3. The molecule has 8 heteroatoms. The van der Waals surface area contributed by atoms with Gasteiger partial charge < -0.3 is 5.73 Å². The first-order chi connectivity index (χ1) is 6.30. The number of Topliss-reactive ketones (excluding diaryl/α,β-unsaturated/α-hetero) is 1. The van der Waals surface area contributed by atoms with Crippen LogP contribution in [0.1, 0.15) is 23.4 Å². The number of nitrogens with zero attached hydrogens (tertiary/aromatic N) is 3. The van der Waals surface area contributed by atoms with E-state index in [9.17, 15) is 18.0 Å². The Morgan fingerprint density at radius 2 is 1.86 bits per heavy atom. The molecule has 0 aromatic carbocycles. The number of ketones is 1. The number of nitrogens with two attached hydrogens (primary N) is 1. The smallest absolute Gasteiger partial charge is 0.368 e. The fraction of sp³-hybridized carbons (Fsp3) is 0.333. The Morgan fingerprint density at radius 3 is 2.29 bits per heavy atom. The summed E-state index contributed by atoms with van der Waals surface area (Å²) in [6, 6.07) is 0. The summed E-state index contributed by atoms with van der Waals surface area (Å²) in [4.78, 5) is 19.7. The van der Waals surface area contributed by atoms with Crippen LogP contribution in [0.4, 0.5) is 19.1 Å². The van der Waals surface area contributed by atoms with Gasteiger partial charge in [0.05, 0.1) is 0 Å².